The van der Waals surface area contributed by atoms with Gasteiger partial charge < -0.3 is 18.5 Å². The van der Waals surface area contributed by atoms with Gasteiger partial charge in [-0.25, -0.2) is 0 Å². The Morgan fingerprint density at radius 3 is 2.19 bits per heavy atom. The quantitative estimate of drug-likeness (QED) is 0.370. The van der Waals surface area contributed by atoms with E-state index in [2.05, 4.69) is 0 Å². The Kier molecular flexibility index (Phi) is 8.09. The highest BCUT2D eigenvalue weighted by atomic mass is 31.2. The number of ketones is 1. The van der Waals surface area contributed by atoms with Crippen molar-refractivity contribution in [2.45, 2.75) is 25.7 Å². The van der Waals surface area contributed by atoms with Crippen molar-refractivity contribution in [1.82, 2.24) is 5.06 Å². The topological polar surface area (TPSA) is 83.5 Å². The van der Waals surface area contributed by atoms with Crippen molar-refractivity contribution in [2.24, 2.45) is 5.92 Å². The summed E-state index contributed by atoms with van der Waals surface area (Å²) in [7, 11) is 0.994. The number of ether oxygens (including phenoxy) is 2. The standard InChI is InChI=1S/C23H30NO7P/c1-6-29-32(26,30-7-2)23-20(21(25)18-10-8-9-11-19(18)28-5)22(31-24(23)3)16-12-14-17(27-4)15-13-16/h8-15,20,22-23H,6-7H2,1-5H3/t20-,22-,23-/m1/s1. The molecule has 1 aliphatic rings. The molecule has 1 heterocycles. The summed E-state index contributed by atoms with van der Waals surface area (Å²) in [5.41, 5.74) is 1.12. The number of hydroxylamine groups is 2. The molecule has 1 fully saturated rings. The van der Waals surface area contributed by atoms with E-state index in [0.717, 1.165) is 5.56 Å². The van der Waals surface area contributed by atoms with Crippen LogP contribution in [0.3, 0.4) is 0 Å². The fraction of sp³-hybridized carbons (Fsp3) is 0.435. The molecule has 174 valence electrons. The predicted molar refractivity (Wildman–Crippen MR) is 120 cm³/mol. The first-order chi connectivity index (χ1) is 15.4. The van der Waals surface area contributed by atoms with E-state index in [0.29, 0.717) is 17.1 Å². The van der Waals surface area contributed by atoms with Crippen molar-refractivity contribution in [3.05, 3.63) is 59.7 Å². The third-order valence-corrected chi connectivity index (χ3v) is 7.89. The van der Waals surface area contributed by atoms with Crippen molar-refractivity contribution < 1.29 is 32.7 Å². The zero-order valence-corrected chi connectivity index (χ0v) is 19.9. The Hall–Kier alpha value is -2.22. The number of para-hydroxylation sites is 1. The van der Waals surface area contributed by atoms with Crippen LogP contribution in [0.5, 0.6) is 11.5 Å². The van der Waals surface area contributed by atoms with Crippen LogP contribution in [-0.4, -0.2) is 51.1 Å². The Bertz CT molecular complexity index is 955. The zero-order valence-electron chi connectivity index (χ0n) is 19.0. The summed E-state index contributed by atoms with van der Waals surface area (Å²) in [6, 6.07) is 14.2. The first-order valence-electron chi connectivity index (χ1n) is 10.5. The van der Waals surface area contributed by atoms with E-state index in [1.807, 2.05) is 12.1 Å². The number of benzene rings is 2. The molecule has 0 bridgehead atoms. The minimum atomic E-state index is -3.74. The second-order valence-electron chi connectivity index (χ2n) is 7.22. The summed E-state index contributed by atoms with van der Waals surface area (Å²) in [6.07, 6.45) is -0.706. The number of methoxy groups -OCH3 is 2. The van der Waals surface area contributed by atoms with E-state index < -0.39 is 25.4 Å². The number of hydrogen-bond acceptors (Lipinski definition) is 8. The van der Waals surface area contributed by atoms with Crippen molar-refractivity contribution in [3.63, 3.8) is 0 Å². The number of nitrogens with zero attached hydrogens (tertiary/aromatic N) is 1. The van der Waals surface area contributed by atoms with Crippen LogP contribution in [0.4, 0.5) is 0 Å². The van der Waals surface area contributed by atoms with E-state index >= 15 is 0 Å². The van der Waals surface area contributed by atoms with Gasteiger partial charge in [-0.05, 0) is 43.7 Å². The molecule has 0 amide bonds. The van der Waals surface area contributed by atoms with Crippen LogP contribution in [0.1, 0.15) is 35.9 Å². The molecule has 1 aliphatic heterocycles. The van der Waals surface area contributed by atoms with Crippen LogP contribution in [0.25, 0.3) is 0 Å². The molecule has 0 aliphatic carbocycles. The average molecular weight is 463 g/mol. The minimum absolute atomic E-state index is 0.171. The molecule has 0 spiro atoms. The molecule has 9 heteroatoms. The van der Waals surface area contributed by atoms with Crippen LogP contribution in [0.2, 0.25) is 0 Å². The van der Waals surface area contributed by atoms with Gasteiger partial charge in [0.2, 0.25) is 0 Å². The van der Waals surface area contributed by atoms with Gasteiger partial charge in [0.15, 0.2) is 5.78 Å². The summed E-state index contributed by atoms with van der Waals surface area (Å²) >= 11 is 0. The SMILES string of the molecule is CCOP(=O)(OCC)[C@@H]1[C@H](C(=O)c2ccccc2OC)[C@@H](c2ccc(OC)cc2)ON1C. The summed E-state index contributed by atoms with van der Waals surface area (Å²) in [4.78, 5) is 20.0. The normalized spacial score (nSPS) is 21.5. The second kappa shape index (κ2) is 10.6. The maximum Gasteiger partial charge on any atom is 0.350 e. The molecule has 3 atom stereocenters. The number of carbonyl (C=O) groups is 1. The number of carbonyl (C=O) groups excluding carboxylic acids is 1. The van der Waals surface area contributed by atoms with E-state index in [1.54, 1.807) is 64.4 Å². The van der Waals surface area contributed by atoms with E-state index in [-0.39, 0.29) is 19.0 Å². The Morgan fingerprint density at radius 2 is 1.62 bits per heavy atom. The number of rotatable bonds is 10. The first kappa shape index (κ1) is 24.4. The average Bonchev–Trinajstić information content (AvgIpc) is 3.16. The summed E-state index contributed by atoms with van der Waals surface area (Å²) in [5, 5.41) is 1.43. The van der Waals surface area contributed by atoms with Gasteiger partial charge in [0, 0.05) is 7.05 Å². The van der Waals surface area contributed by atoms with E-state index in [1.165, 1.54) is 12.2 Å². The van der Waals surface area contributed by atoms with Crippen LogP contribution in [0, 0.1) is 5.92 Å². The molecular weight excluding hydrogens is 433 g/mol. The fourth-order valence-electron chi connectivity index (χ4n) is 4.00. The van der Waals surface area contributed by atoms with Crippen molar-refractivity contribution in [1.29, 1.82) is 0 Å². The van der Waals surface area contributed by atoms with E-state index in [9.17, 15) is 9.36 Å². The maximum absolute atomic E-state index is 13.9. The lowest BCUT2D eigenvalue weighted by atomic mass is 9.88. The van der Waals surface area contributed by atoms with Gasteiger partial charge in [-0.15, -0.1) is 0 Å². The third kappa shape index (κ3) is 4.75. The fourth-order valence-corrected chi connectivity index (χ4v) is 6.24. The summed E-state index contributed by atoms with van der Waals surface area (Å²) in [5.74, 6) is -0.960. The Morgan fingerprint density at radius 1 is 1.00 bits per heavy atom. The van der Waals surface area contributed by atoms with Crippen LogP contribution < -0.4 is 9.47 Å². The molecule has 0 saturated carbocycles. The van der Waals surface area contributed by atoms with Gasteiger partial charge in [0.25, 0.3) is 0 Å². The highest BCUT2D eigenvalue weighted by Gasteiger charge is 2.56. The molecule has 0 radical (unpaired) electrons. The largest absolute Gasteiger partial charge is 0.497 e. The maximum atomic E-state index is 13.9. The van der Waals surface area contributed by atoms with Gasteiger partial charge >= 0.3 is 7.60 Å². The van der Waals surface area contributed by atoms with Crippen LogP contribution in [-0.2, 0) is 18.5 Å². The van der Waals surface area contributed by atoms with Crippen LogP contribution in [0.15, 0.2) is 48.5 Å². The molecule has 0 aromatic heterocycles. The lowest BCUT2D eigenvalue weighted by molar-refractivity contribution is -0.137. The summed E-state index contributed by atoms with van der Waals surface area (Å²) < 4.78 is 35.7. The highest BCUT2D eigenvalue weighted by Crippen LogP contribution is 2.62. The van der Waals surface area contributed by atoms with Crippen molar-refractivity contribution >= 4 is 13.4 Å². The zero-order chi connectivity index (χ0) is 23.3. The molecule has 2 aromatic carbocycles. The molecule has 2 aromatic rings. The third-order valence-electron chi connectivity index (χ3n) is 5.36. The smallest absolute Gasteiger partial charge is 0.350 e. The summed E-state index contributed by atoms with van der Waals surface area (Å²) in [6.45, 7) is 3.81. The second-order valence-corrected chi connectivity index (χ2v) is 9.35. The first-order valence-corrected chi connectivity index (χ1v) is 12.1. The lowest BCUT2D eigenvalue weighted by Crippen LogP contribution is -2.35. The number of Topliss-reactive ketones (excluding diaryl/α,β-unsaturated/α-hetero) is 1. The van der Waals surface area contributed by atoms with E-state index in [4.69, 9.17) is 23.4 Å². The molecule has 1 saturated heterocycles. The molecule has 0 N–H and O–H groups in total. The molecule has 0 unspecified atom stereocenters. The molecular formula is C23H30NO7P. The lowest BCUT2D eigenvalue weighted by Gasteiger charge is -2.29. The van der Waals surface area contributed by atoms with Crippen molar-refractivity contribution in [2.75, 3.05) is 34.5 Å². The van der Waals surface area contributed by atoms with Gasteiger partial charge in [-0.3, -0.25) is 14.2 Å². The Balaban J connectivity index is 2.13. The van der Waals surface area contributed by atoms with Gasteiger partial charge in [0.1, 0.15) is 23.4 Å². The molecule has 32 heavy (non-hydrogen) atoms. The minimum Gasteiger partial charge on any atom is -0.497 e. The predicted octanol–water partition coefficient (Wildman–Crippen LogP) is 4.71. The van der Waals surface area contributed by atoms with Gasteiger partial charge in [-0.1, -0.05) is 24.3 Å². The van der Waals surface area contributed by atoms with Crippen molar-refractivity contribution in [3.8, 4) is 11.5 Å². The molecule has 3 rings (SSSR count). The molecule has 8 nitrogen and oxygen atoms in total. The van der Waals surface area contributed by atoms with Gasteiger partial charge in [0.05, 0.1) is 38.9 Å². The monoisotopic (exact) mass is 463 g/mol. The number of hydrogen-bond donors (Lipinski definition) is 0. The van der Waals surface area contributed by atoms with Gasteiger partial charge in [-0.2, -0.15) is 5.06 Å². The highest BCUT2D eigenvalue weighted by molar-refractivity contribution is 7.54. The Labute approximate surface area is 188 Å². The van der Waals surface area contributed by atoms with Crippen LogP contribution >= 0.6 is 7.60 Å².